The molecule has 12 heteroatoms. The number of fused-ring (bicyclic) bond motifs is 2. The van der Waals surface area contributed by atoms with Crippen molar-refractivity contribution < 1.29 is 39.2 Å². The number of cyclic esters (lactones) is 1. The number of carbonyl (C=O) groups is 4. The molecule has 49 heavy (non-hydrogen) atoms. The van der Waals surface area contributed by atoms with Gasteiger partial charge in [0.05, 0.1) is 18.6 Å². The molecular weight excluding hydrogens is 628 g/mol. The smallest absolute Gasteiger partial charge is 0.325 e. The van der Waals surface area contributed by atoms with Gasteiger partial charge < -0.3 is 30.7 Å². The Bertz CT molecular complexity index is 1390. The zero-order valence-electron chi connectivity index (χ0n) is 29.5. The number of nitrogens with zero attached hydrogens (tertiary/aromatic N) is 1. The van der Waals surface area contributed by atoms with E-state index in [1.54, 1.807) is 45.1 Å². The molecule has 270 valence electrons. The monoisotopic (exact) mass is 682 g/mol. The molecule has 1 fully saturated rings. The lowest BCUT2D eigenvalue weighted by Crippen LogP contribution is -2.62. The van der Waals surface area contributed by atoms with Crippen molar-refractivity contribution in [3.05, 3.63) is 65.8 Å². The summed E-state index contributed by atoms with van der Waals surface area (Å²) in [5.41, 5.74) is 4.49. The molecule has 2 aliphatic heterocycles. The van der Waals surface area contributed by atoms with Crippen LogP contribution in [0.2, 0.25) is 0 Å². The van der Waals surface area contributed by atoms with Gasteiger partial charge in [-0.05, 0) is 54.9 Å². The van der Waals surface area contributed by atoms with E-state index in [1.165, 1.54) is 23.2 Å². The third kappa shape index (κ3) is 12.1. The summed E-state index contributed by atoms with van der Waals surface area (Å²) >= 11 is 0. The number of esters is 1. The fourth-order valence-electron chi connectivity index (χ4n) is 5.87. The van der Waals surface area contributed by atoms with Crippen LogP contribution in [-0.4, -0.2) is 87.0 Å². The van der Waals surface area contributed by atoms with Crippen LogP contribution in [0.3, 0.4) is 0 Å². The summed E-state index contributed by atoms with van der Waals surface area (Å²) in [6.07, 6.45) is 6.88. The molecule has 3 amide bonds. The van der Waals surface area contributed by atoms with Gasteiger partial charge in [0.15, 0.2) is 0 Å². The Balaban J connectivity index is 1.98. The van der Waals surface area contributed by atoms with E-state index in [4.69, 9.17) is 4.74 Å². The largest absolute Gasteiger partial charge is 0.508 e. The van der Waals surface area contributed by atoms with Crippen molar-refractivity contribution in [1.29, 1.82) is 0 Å². The van der Waals surface area contributed by atoms with Crippen LogP contribution in [0.15, 0.2) is 60.2 Å². The highest BCUT2D eigenvalue weighted by molar-refractivity contribution is 5.92. The van der Waals surface area contributed by atoms with Crippen molar-refractivity contribution in [3.63, 3.8) is 0 Å². The van der Waals surface area contributed by atoms with Crippen LogP contribution in [0.25, 0.3) is 0 Å². The van der Waals surface area contributed by atoms with Crippen LogP contribution < -0.4 is 16.1 Å². The lowest BCUT2D eigenvalue weighted by Gasteiger charge is -2.36. The molecular formula is C37H54N4O8. The van der Waals surface area contributed by atoms with Crippen molar-refractivity contribution in [2.24, 2.45) is 17.8 Å². The number of aliphatic hydroxyl groups excluding tert-OH is 2. The molecule has 2 aliphatic rings. The standard InChI is InChI=1S/C37H54N4O8/c1-22(2)18-24(5)32-16-9-7-8-15-30(43)25(6)31(44)21-33(45)39-34(23(3)4)35(46)38-29(20-26-12-10-13-27(42)19-26)36(47)41-17-11-14-28(40-41)37(48)49-32/h7-10,12-13,15,18-19,22-23,25,28-32,34,40,42-44H,11,14,16-17,20-21H2,1-6H3,(H,38,46)(H,39,45)/b9-7+,15-8+,24-18+/t25?,28-,29-,30+,31-,32-,34-/m0/s1. The first kappa shape index (κ1) is 39.4. The highest BCUT2D eigenvalue weighted by Gasteiger charge is 2.36. The number of phenolic OH excluding ortho intramolecular Hbond substituents is 1. The molecule has 0 radical (unpaired) electrons. The van der Waals surface area contributed by atoms with Gasteiger partial charge >= 0.3 is 5.97 Å². The number of aromatic hydroxyl groups is 1. The van der Waals surface area contributed by atoms with Gasteiger partial charge in [-0.15, -0.1) is 0 Å². The van der Waals surface area contributed by atoms with Crippen molar-refractivity contribution >= 4 is 23.7 Å². The third-order valence-electron chi connectivity index (χ3n) is 8.78. The average Bonchev–Trinajstić information content (AvgIpc) is 3.04. The zero-order valence-corrected chi connectivity index (χ0v) is 29.5. The van der Waals surface area contributed by atoms with Crippen molar-refractivity contribution in [3.8, 4) is 5.75 Å². The summed E-state index contributed by atoms with van der Waals surface area (Å²) in [4.78, 5) is 54.3. The van der Waals surface area contributed by atoms with Crippen molar-refractivity contribution in [2.75, 3.05) is 6.54 Å². The van der Waals surface area contributed by atoms with Gasteiger partial charge in [-0.3, -0.25) is 24.2 Å². The number of allylic oxidation sites excluding steroid dienone is 3. The van der Waals surface area contributed by atoms with Gasteiger partial charge in [-0.1, -0.05) is 77.1 Å². The topological polar surface area (TPSA) is 178 Å². The summed E-state index contributed by atoms with van der Waals surface area (Å²) < 4.78 is 6.00. The zero-order chi connectivity index (χ0) is 36.2. The predicted molar refractivity (Wildman–Crippen MR) is 186 cm³/mol. The minimum absolute atomic E-state index is 0.000480. The molecule has 0 saturated carbocycles. The number of ether oxygens (including phenoxy) is 1. The number of hydrogen-bond donors (Lipinski definition) is 6. The minimum Gasteiger partial charge on any atom is -0.508 e. The number of phenols is 1. The summed E-state index contributed by atoms with van der Waals surface area (Å²) in [6.45, 7) is 11.4. The highest BCUT2D eigenvalue weighted by atomic mass is 16.5. The molecule has 1 aromatic rings. The number of carbonyl (C=O) groups excluding carboxylic acids is 4. The second kappa shape index (κ2) is 18.7. The van der Waals surface area contributed by atoms with Gasteiger partial charge in [0.25, 0.3) is 5.91 Å². The molecule has 2 heterocycles. The summed E-state index contributed by atoms with van der Waals surface area (Å²) in [5.74, 6) is -3.06. The van der Waals surface area contributed by atoms with Crippen LogP contribution in [0.1, 0.15) is 72.8 Å². The third-order valence-corrected chi connectivity index (χ3v) is 8.78. The second-order valence-corrected chi connectivity index (χ2v) is 13.8. The number of amides is 3. The Morgan fingerprint density at radius 1 is 1.08 bits per heavy atom. The molecule has 2 bridgehead atoms. The molecule has 0 spiro atoms. The Morgan fingerprint density at radius 3 is 2.49 bits per heavy atom. The lowest BCUT2D eigenvalue weighted by atomic mass is 9.94. The van der Waals surface area contributed by atoms with Gasteiger partial charge in [0.1, 0.15) is 30.0 Å². The molecule has 1 saturated heterocycles. The van der Waals surface area contributed by atoms with E-state index in [0.29, 0.717) is 24.8 Å². The fourth-order valence-corrected chi connectivity index (χ4v) is 5.87. The number of hydrazine groups is 1. The summed E-state index contributed by atoms with van der Waals surface area (Å²) in [5, 5.41) is 38.3. The normalized spacial score (nSPS) is 30.1. The minimum atomic E-state index is -1.21. The Kier molecular flexibility index (Phi) is 15.0. The SMILES string of the molecule is C/C(=C\C(C)C)[C@@H]1C/C=C/C=C/[C@@H](O)C(C)[C@@H](O)CC(=O)N[C@@H](C(C)C)C(=O)N[C@@H](Cc2cccc(O)c2)C(=O)N2CCC[C@H](N2)C(=O)O1. The maximum Gasteiger partial charge on any atom is 0.325 e. The van der Waals surface area contributed by atoms with Gasteiger partial charge in [-0.25, -0.2) is 5.43 Å². The molecule has 12 nitrogen and oxygen atoms in total. The first-order valence-electron chi connectivity index (χ1n) is 17.2. The van der Waals surface area contributed by atoms with E-state index >= 15 is 0 Å². The van der Waals surface area contributed by atoms with Gasteiger partial charge in [0.2, 0.25) is 11.8 Å². The first-order valence-corrected chi connectivity index (χ1v) is 17.2. The molecule has 6 N–H and O–H groups in total. The Morgan fingerprint density at radius 2 is 1.82 bits per heavy atom. The number of aliphatic hydroxyl groups is 2. The van der Waals surface area contributed by atoms with E-state index in [2.05, 4.69) is 16.1 Å². The predicted octanol–water partition coefficient (Wildman–Crippen LogP) is 2.83. The van der Waals surface area contributed by atoms with Crippen LogP contribution in [0.5, 0.6) is 5.75 Å². The molecule has 0 aliphatic carbocycles. The van der Waals surface area contributed by atoms with E-state index in [-0.39, 0.29) is 37.0 Å². The van der Waals surface area contributed by atoms with Gasteiger partial charge in [0, 0.05) is 25.3 Å². The number of rotatable bonds is 5. The molecule has 7 atom stereocenters. The van der Waals surface area contributed by atoms with Crippen molar-refractivity contribution in [1.82, 2.24) is 21.1 Å². The number of hydrogen-bond acceptors (Lipinski definition) is 9. The summed E-state index contributed by atoms with van der Waals surface area (Å²) in [6, 6.07) is 3.39. The second-order valence-electron chi connectivity index (χ2n) is 13.8. The van der Waals surface area contributed by atoms with Crippen LogP contribution in [0.4, 0.5) is 0 Å². The Hall–Kier alpha value is -4.00. The summed E-state index contributed by atoms with van der Waals surface area (Å²) in [7, 11) is 0. The van der Waals surface area contributed by atoms with Gasteiger partial charge in [-0.2, -0.15) is 0 Å². The lowest BCUT2D eigenvalue weighted by molar-refractivity contribution is -0.156. The van der Waals surface area contributed by atoms with E-state index in [1.807, 2.05) is 32.9 Å². The van der Waals surface area contributed by atoms with Crippen LogP contribution >= 0.6 is 0 Å². The maximum atomic E-state index is 14.1. The molecule has 1 aromatic carbocycles. The molecule has 0 aromatic heterocycles. The van der Waals surface area contributed by atoms with Crippen molar-refractivity contribution in [2.45, 2.75) is 110 Å². The average molecular weight is 683 g/mol. The molecule has 3 rings (SSSR count). The number of nitrogens with one attached hydrogen (secondary N) is 3. The van der Waals surface area contributed by atoms with E-state index in [0.717, 1.165) is 5.57 Å². The van der Waals surface area contributed by atoms with Crippen LogP contribution in [0, 0.1) is 17.8 Å². The quantitative estimate of drug-likeness (QED) is 0.201. The maximum absolute atomic E-state index is 14.1. The van der Waals surface area contributed by atoms with E-state index in [9.17, 15) is 34.5 Å². The first-order chi connectivity index (χ1) is 23.2. The Labute approximate surface area is 289 Å². The fraction of sp³-hybridized carbons (Fsp3) is 0.568. The highest BCUT2D eigenvalue weighted by Crippen LogP contribution is 2.20. The van der Waals surface area contributed by atoms with E-state index < -0.39 is 66.0 Å². The number of benzene rings is 1. The van der Waals surface area contributed by atoms with Crippen LogP contribution in [-0.2, 0) is 30.3 Å². The molecule has 1 unspecified atom stereocenters.